The molecule has 4 heteroatoms. The van der Waals surface area contributed by atoms with Gasteiger partial charge in [0, 0.05) is 12.2 Å². The monoisotopic (exact) mass is 224 g/mol. The van der Waals surface area contributed by atoms with Crippen LogP contribution in [0.1, 0.15) is 24.2 Å². The van der Waals surface area contributed by atoms with Crippen molar-refractivity contribution in [2.24, 2.45) is 0 Å². The second kappa shape index (κ2) is 8.61. The molecule has 0 aliphatic rings. The third kappa shape index (κ3) is 7.70. The van der Waals surface area contributed by atoms with E-state index in [-0.39, 0.29) is 12.4 Å². The first-order chi connectivity index (χ1) is 7.57. The van der Waals surface area contributed by atoms with Crippen molar-refractivity contribution in [1.82, 2.24) is 0 Å². The van der Waals surface area contributed by atoms with Gasteiger partial charge in [-0.05, 0) is 13.8 Å². The average molecular weight is 224 g/mol. The van der Waals surface area contributed by atoms with Crippen molar-refractivity contribution in [2.75, 3.05) is 13.2 Å². The molecule has 0 spiro atoms. The summed E-state index contributed by atoms with van der Waals surface area (Å²) in [6.45, 7) is 3.60. The van der Waals surface area contributed by atoms with E-state index in [1.165, 1.54) is 0 Å². The van der Waals surface area contributed by atoms with Gasteiger partial charge in [-0.3, -0.25) is 4.79 Å². The summed E-state index contributed by atoms with van der Waals surface area (Å²) < 4.78 is 4.50. The van der Waals surface area contributed by atoms with E-state index in [1.807, 2.05) is 30.3 Å². The SMILES string of the molecule is CC(=O)c1ccccc1.CCOCC(=O)O. The number of ether oxygens (including phenoxy) is 1. The molecule has 0 saturated carbocycles. The highest BCUT2D eigenvalue weighted by atomic mass is 16.5. The summed E-state index contributed by atoms with van der Waals surface area (Å²) in [5.41, 5.74) is 0.775. The van der Waals surface area contributed by atoms with Gasteiger partial charge in [0.25, 0.3) is 0 Å². The van der Waals surface area contributed by atoms with E-state index in [1.54, 1.807) is 13.8 Å². The molecule has 0 aromatic heterocycles. The molecule has 1 N–H and O–H groups in total. The van der Waals surface area contributed by atoms with Gasteiger partial charge in [-0.25, -0.2) is 4.79 Å². The Bertz CT molecular complexity index is 319. The number of ketones is 1. The zero-order valence-corrected chi connectivity index (χ0v) is 9.47. The van der Waals surface area contributed by atoms with Crippen LogP contribution in [0.5, 0.6) is 0 Å². The third-order valence-corrected chi connectivity index (χ3v) is 1.61. The molecule has 1 aromatic carbocycles. The fraction of sp³-hybridized carbons (Fsp3) is 0.333. The number of Topliss-reactive ketones (excluding diaryl/α,β-unsaturated/α-hetero) is 1. The highest BCUT2D eigenvalue weighted by molar-refractivity contribution is 5.93. The van der Waals surface area contributed by atoms with Crippen molar-refractivity contribution in [3.63, 3.8) is 0 Å². The zero-order chi connectivity index (χ0) is 12.4. The fourth-order valence-corrected chi connectivity index (χ4v) is 0.862. The molecule has 16 heavy (non-hydrogen) atoms. The van der Waals surface area contributed by atoms with E-state index in [4.69, 9.17) is 5.11 Å². The topological polar surface area (TPSA) is 63.6 Å². The zero-order valence-electron chi connectivity index (χ0n) is 9.47. The molecule has 1 rings (SSSR count). The van der Waals surface area contributed by atoms with Crippen LogP contribution in [0.2, 0.25) is 0 Å². The normalized spacial score (nSPS) is 8.88. The Morgan fingerprint density at radius 1 is 1.25 bits per heavy atom. The van der Waals surface area contributed by atoms with E-state index in [0.29, 0.717) is 6.61 Å². The Morgan fingerprint density at radius 3 is 2.06 bits per heavy atom. The van der Waals surface area contributed by atoms with Crippen molar-refractivity contribution in [1.29, 1.82) is 0 Å². The van der Waals surface area contributed by atoms with Gasteiger partial charge >= 0.3 is 5.97 Å². The summed E-state index contributed by atoms with van der Waals surface area (Å²) >= 11 is 0. The minimum absolute atomic E-state index is 0.121. The van der Waals surface area contributed by atoms with Gasteiger partial charge in [0.2, 0.25) is 0 Å². The van der Waals surface area contributed by atoms with Gasteiger partial charge in [0.05, 0.1) is 0 Å². The smallest absolute Gasteiger partial charge is 0.329 e. The van der Waals surface area contributed by atoms with Crippen molar-refractivity contribution in [2.45, 2.75) is 13.8 Å². The first-order valence-electron chi connectivity index (χ1n) is 4.93. The number of hydrogen-bond donors (Lipinski definition) is 1. The summed E-state index contributed by atoms with van der Waals surface area (Å²) in [4.78, 5) is 20.3. The second-order valence-electron chi connectivity index (χ2n) is 2.95. The van der Waals surface area contributed by atoms with Gasteiger partial charge in [0.1, 0.15) is 6.61 Å². The van der Waals surface area contributed by atoms with E-state index in [2.05, 4.69) is 4.74 Å². The minimum Gasteiger partial charge on any atom is -0.480 e. The van der Waals surface area contributed by atoms with E-state index < -0.39 is 5.97 Å². The summed E-state index contributed by atoms with van der Waals surface area (Å²) in [6.07, 6.45) is 0. The van der Waals surface area contributed by atoms with Crippen LogP contribution in [-0.2, 0) is 9.53 Å². The van der Waals surface area contributed by atoms with E-state index in [9.17, 15) is 9.59 Å². The minimum atomic E-state index is -0.915. The molecule has 0 atom stereocenters. The standard InChI is InChI=1S/C8H8O.C4H8O3/c1-7(9)8-5-3-2-4-6-8;1-2-7-3-4(5)6/h2-6H,1H3;2-3H2,1H3,(H,5,6). The predicted molar refractivity (Wildman–Crippen MR) is 60.6 cm³/mol. The largest absolute Gasteiger partial charge is 0.480 e. The van der Waals surface area contributed by atoms with Gasteiger partial charge in [-0.1, -0.05) is 30.3 Å². The number of rotatable bonds is 4. The number of hydrogen-bond acceptors (Lipinski definition) is 3. The van der Waals surface area contributed by atoms with Gasteiger partial charge in [-0.15, -0.1) is 0 Å². The van der Waals surface area contributed by atoms with Crippen LogP contribution in [-0.4, -0.2) is 30.1 Å². The van der Waals surface area contributed by atoms with Crippen molar-refractivity contribution < 1.29 is 19.4 Å². The number of carboxylic acid groups (broad SMARTS) is 1. The summed E-state index contributed by atoms with van der Waals surface area (Å²) in [5, 5.41) is 7.92. The first-order valence-corrected chi connectivity index (χ1v) is 4.93. The van der Waals surface area contributed by atoms with Crippen LogP contribution >= 0.6 is 0 Å². The Kier molecular flexibility index (Phi) is 7.71. The molecule has 0 amide bonds. The number of carboxylic acids is 1. The first kappa shape index (κ1) is 14.3. The van der Waals surface area contributed by atoms with E-state index in [0.717, 1.165) is 5.56 Å². The molecule has 4 nitrogen and oxygen atoms in total. The lowest BCUT2D eigenvalue weighted by Gasteiger charge is -1.90. The van der Waals surface area contributed by atoms with Crippen LogP contribution in [0.25, 0.3) is 0 Å². The maximum absolute atomic E-state index is 10.6. The number of benzene rings is 1. The van der Waals surface area contributed by atoms with Crippen LogP contribution in [0.3, 0.4) is 0 Å². The molecule has 0 unspecified atom stereocenters. The second-order valence-corrected chi connectivity index (χ2v) is 2.95. The lowest BCUT2D eigenvalue weighted by atomic mass is 10.2. The summed E-state index contributed by atoms with van der Waals surface area (Å²) in [7, 11) is 0. The number of carbonyl (C=O) groups is 2. The summed E-state index contributed by atoms with van der Waals surface area (Å²) in [6, 6.07) is 9.23. The molecule has 0 aliphatic heterocycles. The molecule has 1 aromatic rings. The maximum atomic E-state index is 10.6. The molecule has 0 saturated heterocycles. The van der Waals surface area contributed by atoms with Gasteiger partial charge in [-0.2, -0.15) is 0 Å². The number of carbonyl (C=O) groups excluding carboxylic acids is 1. The van der Waals surface area contributed by atoms with Crippen LogP contribution in [0.4, 0.5) is 0 Å². The highest BCUT2D eigenvalue weighted by Crippen LogP contribution is 1.97. The maximum Gasteiger partial charge on any atom is 0.329 e. The lowest BCUT2D eigenvalue weighted by Crippen LogP contribution is -2.05. The van der Waals surface area contributed by atoms with Crippen molar-refractivity contribution in [3.8, 4) is 0 Å². The Balaban J connectivity index is 0.000000293. The third-order valence-electron chi connectivity index (χ3n) is 1.61. The Labute approximate surface area is 94.9 Å². The fourth-order valence-electron chi connectivity index (χ4n) is 0.862. The summed E-state index contributed by atoms with van der Waals surface area (Å²) in [5.74, 6) is -0.794. The Hall–Kier alpha value is -1.68. The molecule has 0 heterocycles. The lowest BCUT2D eigenvalue weighted by molar-refractivity contribution is -0.142. The molecular weight excluding hydrogens is 208 g/mol. The van der Waals surface area contributed by atoms with Crippen molar-refractivity contribution in [3.05, 3.63) is 35.9 Å². The molecule has 88 valence electrons. The molecular formula is C12H16O4. The average Bonchev–Trinajstić information content (AvgIpc) is 2.28. The van der Waals surface area contributed by atoms with Gasteiger partial charge < -0.3 is 9.84 Å². The Morgan fingerprint density at radius 2 is 1.81 bits per heavy atom. The van der Waals surface area contributed by atoms with Gasteiger partial charge in [0.15, 0.2) is 5.78 Å². The van der Waals surface area contributed by atoms with Crippen LogP contribution < -0.4 is 0 Å². The quantitative estimate of drug-likeness (QED) is 0.794. The number of aliphatic carboxylic acids is 1. The van der Waals surface area contributed by atoms with Crippen LogP contribution in [0.15, 0.2) is 30.3 Å². The molecule has 0 aliphatic carbocycles. The van der Waals surface area contributed by atoms with E-state index >= 15 is 0 Å². The molecule has 0 radical (unpaired) electrons. The van der Waals surface area contributed by atoms with Crippen molar-refractivity contribution >= 4 is 11.8 Å². The predicted octanol–water partition coefficient (Wildman–Crippen LogP) is 2.00. The highest BCUT2D eigenvalue weighted by Gasteiger charge is 1.92. The molecule has 0 fully saturated rings. The van der Waals surface area contributed by atoms with Crippen LogP contribution in [0, 0.1) is 0 Å². The molecule has 0 bridgehead atoms.